The van der Waals surface area contributed by atoms with E-state index in [4.69, 9.17) is 5.11 Å². The fourth-order valence-electron chi connectivity index (χ4n) is 2.67. The average Bonchev–Trinajstić information content (AvgIpc) is 2.92. The van der Waals surface area contributed by atoms with Crippen molar-refractivity contribution in [1.29, 1.82) is 5.26 Å². The molecule has 3 rings (SSSR count). The predicted octanol–water partition coefficient (Wildman–Crippen LogP) is 3.40. The number of hydrogen-bond donors (Lipinski definition) is 2. The fraction of sp³-hybridized carbons (Fsp3) is 0.158. The first-order chi connectivity index (χ1) is 11.3. The van der Waals surface area contributed by atoms with E-state index in [-0.39, 0.29) is 5.56 Å². The Hall–Kier alpha value is -3.10. The van der Waals surface area contributed by atoms with Crippen LogP contribution in [0.15, 0.2) is 48.7 Å². The summed E-state index contributed by atoms with van der Waals surface area (Å²) in [5.74, 6) is -0.978. The van der Waals surface area contributed by atoms with Crippen LogP contribution in [0, 0.1) is 11.3 Å². The van der Waals surface area contributed by atoms with Crippen LogP contribution in [0.5, 0.6) is 0 Å². The van der Waals surface area contributed by atoms with Crippen molar-refractivity contribution in [3.05, 3.63) is 65.4 Å². The maximum atomic E-state index is 11.0. The molecule has 0 spiro atoms. The predicted molar refractivity (Wildman–Crippen MR) is 89.8 cm³/mol. The van der Waals surface area contributed by atoms with E-state index in [0.29, 0.717) is 11.1 Å². The van der Waals surface area contributed by atoms with Gasteiger partial charge in [-0.05, 0) is 55.3 Å². The van der Waals surface area contributed by atoms with Gasteiger partial charge in [0.25, 0.3) is 0 Å². The summed E-state index contributed by atoms with van der Waals surface area (Å²) in [6.07, 6.45) is 1.81. The van der Waals surface area contributed by atoms with Gasteiger partial charge < -0.3 is 14.6 Å². The molecule has 0 unspecified atom stereocenters. The van der Waals surface area contributed by atoms with Gasteiger partial charge in [-0.25, -0.2) is 4.79 Å². The van der Waals surface area contributed by atoms with Crippen LogP contribution >= 0.6 is 0 Å². The second kappa shape index (κ2) is 5.52. The van der Waals surface area contributed by atoms with E-state index in [0.717, 1.165) is 16.8 Å². The van der Waals surface area contributed by atoms with E-state index in [1.165, 1.54) is 12.1 Å². The molecule has 2 aromatic heterocycles. The van der Waals surface area contributed by atoms with Gasteiger partial charge in [0.2, 0.25) is 0 Å². The number of carboxylic acid groups (broad SMARTS) is 1. The van der Waals surface area contributed by atoms with Crippen molar-refractivity contribution in [2.75, 3.05) is 0 Å². The molecule has 0 saturated carbocycles. The summed E-state index contributed by atoms with van der Waals surface area (Å²) in [4.78, 5) is 11.0. The number of fused-ring (bicyclic) bond motifs is 1. The van der Waals surface area contributed by atoms with Crippen LogP contribution in [0.4, 0.5) is 0 Å². The highest BCUT2D eigenvalue weighted by Crippen LogP contribution is 2.29. The number of aromatic carboxylic acids is 1. The van der Waals surface area contributed by atoms with Crippen LogP contribution < -0.4 is 0 Å². The van der Waals surface area contributed by atoms with Crippen molar-refractivity contribution in [3.63, 3.8) is 0 Å². The van der Waals surface area contributed by atoms with E-state index in [2.05, 4.69) is 6.07 Å². The maximum Gasteiger partial charge on any atom is 0.335 e. The molecule has 2 N–H and O–H groups in total. The Balaban J connectivity index is 2.19. The molecular formula is C19H16N2O3. The van der Waals surface area contributed by atoms with Crippen LogP contribution in [-0.4, -0.2) is 20.6 Å². The largest absolute Gasteiger partial charge is 0.478 e. The molecule has 24 heavy (non-hydrogen) atoms. The first-order valence-corrected chi connectivity index (χ1v) is 7.43. The normalized spacial score (nSPS) is 11.4. The molecule has 2 heterocycles. The zero-order valence-electron chi connectivity index (χ0n) is 13.3. The number of nitriles is 1. The van der Waals surface area contributed by atoms with Crippen molar-refractivity contribution < 1.29 is 15.0 Å². The van der Waals surface area contributed by atoms with Crippen molar-refractivity contribution in [1.82, 2.24) is 4.40 Å². The summed E-state index contributed by atoms with van der Waals surface area (Å²) < 4.78 is 1.86. The third-order valence-electron chi connectivity index (χ3n) is 4.03. The molecule has 0 atom stereocenters. The number of rotatable bonds is 3. The number of benzene rings is 1. The highest BCUT2D eigenvalue weighted by atomic mass is 16.4. The standard InChI is InChI=1S/C19H16N2O3/c1-19(2,24)15-7-8-21-16(9-14(11-20)17(21)10-15)12-3-5-13(6-4-12)18(22)23/h3-10,24H,1-2H3,(H,22,23). The van der Waals surface area contributed by atoms with Crippen LogP contribution in [0.2, 0.25) is 0 Å². The topological polar surface area (TPSA) is 85.7 Å². The molecular weight excluding hydrogens is 304 g/mol. The molecule has 0 fully saturated rings. The van der Waals surface area contributed by atoms with E-state index < -0.39 is 11.6 Å². The quantitative estimate of drug-likeness (QED) is 0.774. The van der Waals surface area contributed by atoms with Crippen LogP contribution in [0.1, 0.15) is 35.3 Å². The smallest absolute Gasteiger partial charge is 0.335 e. The Morgan fingerprint density at radius 3 is 2.38 bits per heavy atom. The Morgan fingerprint density at radius 2 is 1.83 bits per heavy atom. The zero-order chi connectivity index (χ0) is 17.5. The third kappa shape index (κ3) is 2.64. The van der Waals surface area contributed by atoms with Crippen LogP contribution in [0.3, 0.4) is 0 Å². The second-order valence-electron chi connectivity index (χ2n) is 6.17. The lowest BCUT2D eigenvalue weighted by molar-refractivity contribution is 0.0696. The van der Waals surface area contributed by atoms with Gasteiger partial charge in [-0.15, -0.1) is 0 Å². The van der Waals surface area contributed by atoms with Gasteiger partial charge in [0.15, 0.2) is 0 Å². The van der Waals surface area contributed by atoms with Crippen molar-refractivity contribution in [3.8, 4) is 17.3 Å². The summed E-state index contributed by atoms with van der Waals surface area (Å²) in [7, 11) is 0. The van der Waals surface area contributed by atoms with Gasteiger partial charge in [0, 0.05) is 6.20 Å². The van der Waals surface area contributed by atoms with Crippen molar-refractivity contribution >= 4 is 11.5 Å². The minimum Gasteiger partial charge on any atom is -0.478 e. The molecule has 120 valence electrons. The molecule has 0 aliphatic rings. The molecule has 0 aliphatic heterocycles. The van der Waals surface area contributed by atoms with E-state index in [1.54, 1.807) is 38.1 Å². The van der Waals surface area contributed by atoms with Gasteiger partial charge in [0.05, 0.1) is 27.9 Å². The Bertz CT molecular complexity index is 971. The molecule has 0 aliphatic carbocycles. The first-order valence-electron chi connectivity index (χ1n) is 7.43. The SMILES string of the molecule is CC(C)(O)c1ccn2c(-c3ccc(C(=O)O)cc3)cc(C#N)c2c1. The van der Waals surface area contributed by atoms with E-state index >= 15 is 0 Å². The van der Waals surface area contributed by atoms with Gasteiger partial charge in [-0.2, -0.15) is 5.26 Å². The Kier molecular flexibility index (Phi) is 3.63. The number of aromatic nitrogens is 1. The van der Waals surface area contributed by atoms with Gasteiger partial charge >= 0.3 is 5.97 Å². The molecule has 1 aromatic carbocycles. The van der Waals surface area contributed by atoms with E-state index in [1.807, 2.05) is 16.7 Å². The van der Waals surface area contributed by atoms with Gasteiger partial charge in [-0.3, -0.25) is 0 Å². The number of carboxylic acids is 1. The Morgan fingerprint density at radius 1 is 1.17 bits per heavy atom. The molecule has 3 aromatic rings. The van der Waals surface area contributed by atoms with Gasteiger partial charge in [0.1, 0.15) is 6.07 Å². The highest BCUT2D eigenvalue weighted by molar-refractivity contribution is 5.88. The molecule has 0 radical (unpaired) electrons. The lowest BCUT2D eigenvalue weighted by Crippen LogP contribution is -2.15. The summed E-state index contributed by atoms with van der Waals surface area (Å²) in [6, 6.07) is 14.1. The lowest BCUT2D eigenvalue weighted by atomic mass is 9.99. The van der Waals surface area contributed by atoms with Crippen molar-refractivity contribution in [2.24, 2.45) is 0 Å². The first kappa shape index (κ1) is 15.8. The zero-order valence-corrected chi connectivity index (χ0v) is 13.3. The van der Waals surface area contributed by atoms with Crippen LogP contribution in [0.25, 0.3) is 16.8 Å². The number of hydrogen-bond acceptors (Lipinski definition) is 3. The van der Waals surface area contributed by atoms with E-state index in [9.17, 15) is 15.2 Å². The average molecular weight is 320 g/mol. The number of pyridine rings is 1. The number of nitrogens with zero attached hydrogens (tertiary/aromatic N) is 2. The second-order valence-corrected chi connectivity index (χ2v) is 6.17. The summed E-state index contributed by atoms with van der Waals surface area (Å²) >= 11 is 0. The maximum absolute atomic E-state index is 11.0. The summed E-state index contributed by atoms with van der Waals surface area (Å²) in [5, 5.41) is 28.6. The minimum atomic E-state index is -0.998. The Labute approximate surface area is 139 Å². The molecule has 0 bridgehead atoms. The molecule has 0 saturated heterocycles. The summed E-state index contributed by atoms with van der Waals surface area (Å²) in [5.41, 5.74) is 2.74. The molecule has 0 amide bonds. The van der Waals surface area contributed by atoms with Gasteiger partial charge in [-0.1, -0.05) is 12.1 Å². The minimum absolute atomic E-state index is 0.212. The monoisotopic (exact) mass is 320 g/mol. The summed E-state index contributed by atoms with van der Waals surface area (Å²) in [6.45, 7) is 3.39. The van der Waals surface area contributed by atoms with Crippen molar-refractivity contribution in [2.45, 2.75) is 19.4 Å². The third-order valence-corrected chi connectivity index (χ3v) is 4.03. The lowest BCUT2D eigenvalue weighted by Gasteiger charge is -2.18. The van der Waals surface area contributed by atoms with Crippen LogP contribution in [-0.2, 0) is 5.60 Å². The highest BCUT2D eigenvalue weighted by Gasteiger charge is 2.19. The fourth-order valence-corrected chi connectivity index (χ4v) is 2.67. The molecule has 5 heteroatoms. The molecule has 5 nitrogen and oxygen atoms in total. The number of carbonyl (C=O) groups is 1. The number of aliphatic hydroxyl groups is 1.